The lowest BCUT2D eigenvalue weighted by atomic mass is 9.71. The topological polar surface area (TPSA) is 12.0 Å². The Balaban J connectivity index is 1.71. The molecule has 1 aromatic carbocycles. The van der Waals surface area contributed by atoms with Gasteiger partial charge in [0.1, 0.15) is 5.82 Å². The summed E-state index contributed by atoms with van der Waals surface area (Å²) in [6.45, 7) is 7.93. The molecular weight excluding hydrogens is 249 g/mol. The number of hydrogen-bond donors (Lipinski definition) is 1. The summed E-state index contributed by atoms with van der Waals surface area (Å²) in [5, 5.41) is 3.60. The molecular formula is C18H28FN. The minimum absolute atomic E-state index is 0.0780. The maximum atomic E-state index is 13.5. The van der Waals surface area contributed by atoms with E-state index < -0.39 is 0 Å². The van der Waals surface area contributed by atoms with Gasteiger partial charge in [-0.15, -0.1) is 0 Å². The van der Waals surface area contributed by atoms with Crippen molar-refractivity contribution in [3.8, 4) is 0 Å². The molecule has 0 bridgehead atoms. The van der Waals surface area contributed by atoms with Gasteiger partial charge in [0.2, 0.25) is 0 Å². The van der Waals surface area contributed by atoms with Gasteiger partial charge in [-0.05, 0) is 61.6 Å². The maximum Gasteiger partial charge on any atom is 0.126 e. The summed E-state index contributed by atoms with van der Waals surface area (Å²) in [7, 11) is 0. The van der Waals surface area contributed by atoms with E-state index in [0.717, 1.165) is 24.4 Å². The zero-order valence-corrected chi connectivity index (χ0v) is 13.1. The zero-order chi connectivity index (χ0) is 14.6. The Bertz CT molecular complexity index is 414. The zero-order valence-electron chi connectivity index (χ0n) is 13.1. The highest BCUT2D eigenvalue weighted by Gasteiger charge is 2.29. The predicted octanol–water partition coefficient (Wildman–Crippen LogP) is 4.56. The lowest BCUT2D eigenvalue weighted by Crippen LogP contribution is -2.37. The fourth-order valence-corrected chi connectivity index (χ4v) is 3.28. The van der Waals surface area contributed by atoms with Crippen LogP contribution in [0.15, 0.2) is 24.3 Å². The first-order chi connectivity index (χ1) is 9.47. The van der Waals surface area contributed by atoms with E-state index >= 15 is 0 Å². The third-order valence-electron chi connectivity index (χ3n) is 4.74. The summed E-state index contributed by atoms with van der Waals surface area (Å²) < 4.78 is 13.5. The molecule has 1 saturated carbocycles. The Morgan fingerprint density at radius 3 is 2.35 bits per heavy atom. The van der Waals surface area contributed by atoms with Gasteiger partial charge in [0.05, 0.1) is 0 Å². The summed E-state index contributed by atoms with van der Waals surface area (Å²) in [6, 6.07) is 7.71. The van der Waals surface area contributed by atoms with Gasteiger partial charge in [0, 0.05) is 6.04 Å². The van der Waals surface area contributed by atoms with Crippen LogP contribution in [-0.2, 0) is 6.42 Å². The lowest BCUT2D eigenvalue weighted by molar-refractivity contribution is 0.160. The van der Waals surface area contributed by atoms with Gasteiger partial charge in [0.25, 0.3) is 0 Å². The first-order valence-corrected chi connectivity index (χ1v) is 7.93. The molecule has 0 saturated heterocycles. The molecule has 20 heavy (non-hydrogen) atoms. The minimum Gasteiger partial charge on any atom is -0.314 e. The summed E-state index contributed by atoms with van der Waals surface area (Å²) in [5.41, 5.74) is 1.27. The van der Waals surface area contributed by atoms with Gasteiger partial charge in [0.15, 0.2) is 0 Å². The summed E-state index contributed by atoms with van der Waals surface area (Å²) in [4.78, 5) is 0. The summed E-state index contributed by atoms with van der Waals surface area (Å²) >= 11 is 0. The van der Waals surface area contributed by atoms with Crippen LogP contribution >= 0.6 is 0 Å². The summed E-state index contributed by atoms with van der Waals surface area (Å²) in [6.07, 6.45) is 5.95. The van der Waals surface area contributed by atoms with E-state index in [2.05, 4.69) is 26.1 Å². The van der Waals surface area contributed by atoms with Crippen LogP contribution in [0.5, 0.6) is 0 Å². The van der Waals surface area contributed by atoms with E-state index in [1.165, 1.54) is 25.7 Å². The largest absolute Gasteiger partial charge is 0.314 e. The normalized spacial score (nSPS) is 23.8. The number of rotatable bonds is 4. The molecule has 0 heterocycles. The van der Waals surface area contributed by atoms with Crippen molar-refractivity contribution in [2.45, 2.75) is 58.9 Å². The second-order valence-corrected chi connectivity index (χ2v) is 7.21. The van der Waals surface area contributed by atoms with Crippen LogP contribution in [0.1, 0.15) is 52.0 Å². The van der Waals surface area contributed by atoms with E-state index in [-0.39, 0.29) is 5.82 Å². The Kier molecular flexibility index (Phi) is 5.20. The van der Waals surface area contributed by atoms with Crippen molar-refractivity contribution < 1.29 is 4.39 Å². The van der Waals surface area contributed by atoms with Crippen molar-refractivity contribution in [1.82, 2.24) is 5.32 Å². The highest BCUT2D eigenvalue weighted by molar-refractivity contribution is 5.17. The number of halogens is 1. The first kappa shape index (κ1) is 15.5. The fourth-order valence-electron chi connectivity index (χ4n) is 3.28. The Morgan fingerprint density at radius 1 is 1.10 bits per heavy atom. The van der Waals surface area contributed by atoms with Gasteiger partial charge in [-0.25, -0.2) is 4.39 Å². The third kappa shape index (κ3) is 4.31. The SMILES string of the molecule is CC(C)(C)C1CCC(NCCc2ccccc2F)CC1. The van der Waals surface area contributed by atoms with Crippen molar-refractivity contribution in [3.63, 3.8) is 0 Å². The molecule has 0 unspecified atom stereocenters. The molecule has 0 radical (unpaired) electrons. The molecule has 1 aliphatic carbocycles. The average Bonchev–Trinajstić information content (AvgIpc) is 2.40. The molecule has 0 atom stereocenters. The van der Waals surface area contributed by atoms with E-state index in [1.54, 1.807) is 12.1 Å². The average molecular weight is 277 g/mol. The molecule has 0 aromatic heterocycles. The van der Waals surface area contributed by atoms with Gasteiger partial charge in [-0.1, -0.05) is 39.0 Å². The smallest absolute Gasteiger partial charge is 0.126 e. The molecule has 1 N–H and O–H groups in total. The highest BCUT2D eigenvalue weighted by Crippen LogP contribution is 2.37. The fraction of sp³-hybridized carbons (Fsp3) is 0.667. The molecule has 0 amide bonds. The van der Waals surface area contributed by atoms with E-state index in [0.29, 0.717) is 11.5 Å². The van der Waals surface area contributed by atoms with Gasteiger partial charge in [-0.2, -0.15) is 0 Å². The number of hydrogen-bond acceptors (Lipinski definition) is 1. The summed E-state index contributed by atoms with van der Waals surface area (Å²) in [5.74, 6) is 0.776. The molecule has 112 valence electrons. The van der Waals surface area contributed by atoms with Crippen molar-refractivity contribution in [2.24, 2.45) is 11.3 Å². The van der Waals surface area contributed by atoms with Crippen LogP contribution in [0.2, 0.25) is 0 Å². The second kappa shape index (κ2) is 6.71. The van der Waals surface area contributed by atoms with Gasteiger partial charge in [-0.3, -0.25) is 0 Å². The van der Waals surface area contributed by atoms with Crippen LogP contribution in [0.25, 0.3) is 0 Å². The Hall–Kier alpha value is -0.890. The van der Waals surface area contributed by atoms with Crippen LogP contribution in [0, 0.1) is 17.2 Å². The quantitative estimate of drug-likeness (QED) is 0.850. The van der Waals surface area contributed by atoms with Gasteiger partial charge >= 0.3 is 0 Å². The van der Waals surface area contributed by atoms with Crippen molar-refractivity contribution >= 4 is 0 Å². The molecule has 1 fully saturated rings. The van der Waals surface area contributed by atoms with Gasteiger partial charge < -0.3 is 5.32 Å². The molecule has 2 rings (SSSR count). The molecule has 1 nitrogen and oxygen atoms in total. The number of nitrogens with one attached hydrogen (secondary N) is 1. The van der Waals surface area contributed by atoms with Crippen LogP contribution in [0.3, 0.4) is 0 Å². The monoisotopic (exact) mass is 277 g/mol. The van der Waals surface area contributed by atoms with Crippen LogP contribution < -0.4 is 5.32 Å². The highest BCUT2D eigenvalue weighted by atomic mass is 19.1. The van der Waals surface area contributed by atoms with Crippen LogP contribution in [0.4, 0.5) is 4.39 Å². The second-order valence-electron chi connectivity index (χ2n) is 7.21. The molecule has 1 aliphatic rings. The third-order valence-corrected chi connectivity index (χ3v) is 4.74. The van der Waals surface area contributed by atoms with Crippen molar-refractivity contribution in [2.75, 3.05) is 6.54 Å². The van der Waals surface area contributed by atoms with Crippen LogP contribution in [-0.4, -0.2) is 12.6 Å². The maximum absolute atomic E-state index is 13.5. The Labute approximate surface area is 123 Å². The number of benzene rings is 1. The molecule has 0 spiro atoms. The predicted molar refractivity (Wildman–Crippen MR) is 83.3 cm³/mol. The molecule has 2 heteroatoms. The minimum atomic E-state index is -0.0780. The van der Waals surface area contributed by atoms with Crippen molar-refractivity contribution in [3.05, 3.63) is 35.6 Å². The van der Waals surface area contributed by atoms with E-state index in [9.17, 15) is 4.39 Å². The molecule has 1 aromatic rings. The lowest BCUT2D eigenvalue weighted by Gasteiger charge is -2.37. The van der Waals surface area contributed by atoms with E-state index in [4.69, 9.17) is 0 Å². The van der Waals surface area contributed by atoms with Crippen molar-refractivity contribution in [1.29, 1.82) is 0 Å². The first-order valence-electron chi connectivity index (χ1n) is 7.93. The Morgan fingerprint density at radius 2 is 1.75 bits per heavy atom. The van der Waals surface area contributed by atoms with E-state index in [1.807, 2.05) is 12.1 Å². The molecule has 0 aliphatic heterocycles. The standard InChI is InChI=1S/C18H28FN/c1-18(2,3)15-8-10-16(11-9-15)20-13-12-14-6-4-5-7-17(14)19/h4-7,15-16,20H,8-13H2,1-3H3.